The van der Waals surface area contributed by atoms with Crippen LogP contribution in [0.3, 0.4) is 0 Å². The van der Waals surface area contributed by atoms with Crippen LogP contribution in [0.5, 0.6) is 0 Å². The van der Waals surface area contributed by atoms with Crippen LogP contribution in [-0.4, -0.2) is 69.4 Å². The Hall–Kier alpha value is -3.33. The number of phosphoric acid groups is 1. The first-order valence-electron chi connectivity index (χ1n) is 36.7. The van der Waals surface area contributed by atoms with Gasteiger partial charge in [-0.1, -0.05) is 304 Å². The molecular weight excluding hydrogens is 1110 g/mol. The molecule has 0 heterocycles. The molecule has 0 saturated heterocycles. The summed E-state index contributed by atoms with van der Waals surface area (Å²) in [6.45, 7) is 6.72. The van der Waals surface area contributed by atoms with Gasteiger partial charge >= 0.3 is 5.97 Å². The zero-order chi connectivity index (χ0) is 64.2. The number of rotatable bonds is 66. The van der Waals surface area contributed by atoms with Crippen molar-refractivity contribution >= 4 is 19.7 Å². The Balaban J connectivity index is 5.06. The molecule has 0 fully saturated rings. The molecule has 0 aliphatic rings. The number of nitrogens with zero attached hydrogens (tertiary/aromatic N) is 1. The highest BCUT2D eigenvalue weighted by atomic mass is 31.2. The number of quaternary nitrogens is 1. The number of nitrogens with one attached hydrogen (secondary N) is 1. The fourth-order valence-electron chi connectivity index (χ4n) is 10.3. The summed E-state index contributed by atoms with van der Waals surface area (Å²) in [5, 5.41) is 3.04. The van der Waals surface area contributed by atoms with Gasteiger partial charge in [0, 0.05) is 12.8 Å². The number of esters is 1. The van der Waals surface area contributed by atoms with E-state index in [0.29, 0.717) is 17.4 Å². The lowest BCUT2D eigenvalue weighted by Gasteiger charge is -2.30. The van der Waals surface area contributed by atoms with E-state index in [2.05, 4.69) is 123 Å². The van der Waals surface area contributed by atoms with Gasteiger partial charge < -0.3 is 28.5 Å². The number of allylic oxidation sites excluding steroid dienone is 17. The SMILES string of the molecule is CC/C=C\C/C=C\C/C=C\C/C=C\C/C=C\C/C=C\CCCCCCCCCCC(=O)NC(COP(=O)([O-])OCC[N+](C)(C)C)C(/C=C\CCCCCCCCCCCC)OC(=O)CCCCCCCCCCCCCCC/C=C\C/C=C\CCCCC. The molecule has 1 N–H and O–H groups in total. The fourth-order valence-corrected chi connectivity index (χ4v) is 11.0. The normalized spacial score (nSPS) is 14.1. The van der Waals surface area contributed by atoms with Gasteiger partial charge in [-0.25, -0.2) is 0 Å². The molecule has 1 amide bonds. The van der Waals surface area contributed by atoms with Crippen molar-refractivity contribution in [2.45, 2.75) is 335 Å². The summed E-state index contributed by atoms with van der Waals surface area (Å²) in [6, 6.07) is -0.901. The van der Waals surface area contributed by atoms with Gasteiger partial charge in [0.25, 0.3) is 7.82 Å². The molecule has 0 aliphatic heterocycles. The van der Waals surface area contributed by atoms with E-state index in [0.717, 1.165) is 116 Å². The van der Waals surface area contributed by atoms with Gasteiger partial charge in [-0.3, -0.25) is 14.2 Å². The maximum atomic E-state index is 13.6. The number of ether oxygens (including phenoxy) is 1. The Bertz CT molecular complexity index is 1870. The monoisotopic (exact) mass is 1250 g/mol. The van der Waals surface area contributed by atoms with Crippen molar-refractivity contribution in [2.75, 3.05) is 40.9 Å². The highest BCUT2D eigenvalue weighted by molar-refractivity contribution is 7.45. The summed E-state index contributed by atoms with van der Waals surface area (Å²) in [7, 11) is 1.17. The standard InChI is InChI=1S/C78H139N2O7P/c1-7-10-13-16-19-22-25-28-30-32-34-36-38-39-40-41-43-44-46-48-50-52-55-58-61-64-67-70-77(81)79-75(74-86-88(83,84)85-73-72-80(4,5)6)76(69-66-63-60-57-54-27-24-21-18-15-12-9-3)87-78(82)71-68-65-62-59-56-53-51-49-47-45-42-37-35-33-31-29-26-23-20-17-14-11-8-2/h10,13,19-20,22-23,28-31,34,36,39-40,43-44,66,69,75-76H,7-9,11-12,14-18,21,24-27,32-33,35,37-38,41-42,45-65,67-68,70-74H2,1-6H3,(H-,79,81,83,84)/b13-10-,22-19-,23-20-,30-28-,31-29-,36-34-,40-39-,44-43-,69-66-. The average molecular weight is 1250 g/mol. The number of amides is 1. The van der Waals surface area contributed by atoms with E-state index in [1.807, 2.05) is 33.3 Å². The minimum absolute atomic E-state index is 0.0282. The predicted molar refractivity (Wildman–Crippen MR) is 381 cm³/mol. The Kier molecular flexibility index (Phi) is 64.1. The second-order valence-electron chi connectivity index (χ2n) is 25.7. The molecule has 0 aliphatic carbocycles. The molecule has 0 aromatic heterocycles. The van der Waals surface area contributed by atoms with Crippen LogP contribution in [0.4, 0.5) is 0 Å². The Morgan fingerprint density at radius 2 is 0.727 bits per heavy atom. The molecule has 3 atom stereocenters. The highest BCUT2D eigenvalue weighted by Crippen LogP contribution is 2.38. The van der Waals surface area contributed by atoms with Gasteiger partial charge in [-0.15, -0.1) is 0 Å². The lowest BCUT2D eigenvalue weighted by molar-refractivity contribution is -0.870. The smallest absolute Gasteiger partial charge is 0.306 e. The van der Waals surface area contributed by atoms with Gasteiger partial charge in [-0.05, 0) is 115 Å². The van der Waals surface area contributed by atoms with Crippen molar-refractivity contribution in [1.29, 1.82) is 0 Å². The summed E-state index contributed by atoms with van der Waals surface area (Å²) in [4.78, 5) is 40.2. The third kappa shape index (κ3) is 67.1. The lowest BCUT2D eigenvalue weighted by atomic mass is 10.0. The average Bonchev–Trinajstić information content (AvgIpc) is 3.66. The predicted octanol–water partition coefficient (Wildman–Crippen LogP) is 23.0. The van der Waals surface area contributed by atoms with Crippen molar-refractivity contribution in [3.8, 4) is 0 Å². The van der Waals surface area contributed by atoms with Crippen LogP contribution in [0, 0.1) is 0 Å². The van der Waals surface area contributed by atoms with Crippen molar-refractivity contribution in [2.24, 2.45) is 0 Å². The number of phosphoric ester groups is 1. The molecule has 10 heteroatoms. The van der Waals surface area contributed by atoms with Crippen molar-refractivity contribution < 1.29 is 37.3 Å². The van der Waals surface area contributed by atoms with Crippen molar-refractivity contribution in [3.63, 3.8) is 0 Å². The number of carbonyl (C=O) groups excluding carboxylic acids is 2. The molecule has 0 radical (unpaired) electrons. The summed E-state index contributed by atoms with van der Waals surface area (Å²) in [5.74, 6) is -0.548. The molecule has 0 bridgehead atoms. The number of hydrogen-bond donors (Lipinski definition) is 1. The maximum absolute atomic E-state index is 13.6. The molecule has 508 valence electrons. The lowest BCUT2D eigenvalue weighted by Crippen LogP contribution is -2.47. The summed E-state index contributed by atoms with van der Waals surface area (Å²) >= 11 is 0. The summed E-state index contributed by atoms with van der Waals surface area (Å²) in [6.07, 6.45) is 92.1. The highest BCUT2D eigenvalue weighted by Gasteiger charge is 2.27. The first-order chi connectivity index (χ1) is 42.9. The molecule has 0 aromatic rings. The van der Waals surface area contributed by atoms with Crippen LogP contribution in [-0.2, 0) is 27.9 Å². The number of carbonyl (C=O) groups is 2. The third-order valence-electron chi connectivity index (χ3n) is 15.9. The van der Waals surface area contributed by atoms with E-state index in [1.165, 1.54) is 173 Å². The molecule has 88 heavy (non-hydrogen) atoms. The quantitative estimate of drug-likeness (QED) is 0.0212. The Morgan fingerprint density at radius 3 is 1.11 bits per heavy atom. The maximum Gasteiger partial charge on any atom is 0.306 e. The van der Waals surface area contributed by atoms with Gasteiger partial charge in [-0.2, -0.15) is 0 Å². The summed E-state index contributed by atoms with van der Waals surface area (Å²) < 4.78 is 30.5. The largest absolute Gasteiger partial charge is 0.756 e. The van der Waals surface area contributed by atoms with E-state index in [4.69, 9.17) is 13.8 Å². The van der Waals surface area contributed by atoms with Crippen LogP contribution >= 0.6 is 7.82 Å². The van der Waals surface area contributed by atoms with Crippen LogP contribution in [0.2, 0.25) is 0 Å². The van der Waals surface area contributed by atoms with Crippen molar-refractivity contribution in [1.82, 2.24) is 5.32 Å². The zero-order valence-electron chi connectivity index (χ0n) is 58.2. The first kappa shape index (κ1) is 84.7. The molecule has 0 saturated carbocycles. The van der Waals surface area contributed by atoms with Gasteiger partial charge in [0.05, 0.1) is 33.8 Å². The Labute approximate surface area is 544 Å². The van der Waals surface area contributed by atoms with Gasteiger partial charge in [0.15, 0.2) is 0 Å². The van der Waals surface area contributed by atoms with Crippen LogP contribution in [0.15, 0.2) is 109 Å². The van der Waals surface area contributed by atoms with Crippen LogP contribution in [0.1, 0.15) is 323 Å². The van der Waals surface area contributed by atoms with Crippen molar-refractivity contribution in [3.05, 3.63) is 109 Å². The number of hydrogen-bond acceptors (Lipinski definition) is 7. The molecular formula is C78H139N2O7P. The van der Waals surface area contributed by atoms with E-state index in [-0.39, 0.29) is 24.9 Å². The molecule has 0 aromatic carbocycles. The van der Waals surface area contributed by atoms with E-state index in [9.17, 15) is 19.0 Å². The van der Waals surface area contributed by atoms with Gasteiger partial charge in [0.1, 0.15) is 19.3 Å². The third-order valence-corrected chi connectivity index (χ3v) is 16.9. The number of likely N-dealkylation sites (N-methyl/N-ethyl adjacent to an activating group) is 1. The molecule has 9 nitrogen and oxygen atoms in total. The zero-order valence-corrected chi connectivity index (χ0v) is 59.0. The molecule has 3 unspecified atom stereocenters. The van der Waals surface area contributed by atoms with E-state index in [1.54, 1.807) is 0 Å². The number of unbranched alkanes of at least 4 members (excludes halogenated alkanes) is 34. The Morgan fingerprint density at radius 1 is 0.409 bits per heavy atom. The minimum atomic E-state index is -4.71. The first-order valence-corrected chi connectivity index (χ1v) is 38.2. The fraction of sp³-hybridized carbons (Fsp3) is 0.744. The van der Waals surface area contributed by atoms with Gasteiger partial charge in [0.2, 0.25) is 5.91 Å². The minimum Gasteiger partial charge on any atom is -0.756 e. The molecule has 0 rings (SSSR count). The van der Waals surface area contributed by atoms with Crippen LogP contribution < -0.4 is 10.2 Å². The van der Waals surface area contributed by atoms with E-state index < -0.39 is 26.6 Å². The second-order valence-corrected chi connectivity index (χ2v) is 27.1. The van der Waals surface area contributed by atoms with Crippen LogP contribution in [0.25, 0.3) is 0 Å². The van der Waals surface area contributed by atoms with E-state index >= 15 is 0 Å². The topological polar surface area (TPSA) is 114 Å². The second kappa shape index (κ2) is 66.6. The summed E-state index contributed by atoms with van der Waals surface area (Å²) in [5.41, 5.74) is 0. The molecule has 0 spiro atoms.